The van der Waals surface area contributed by atoms with Gasteiger partial charge in [-0.15, -0.1) is 0 Å². The van der Waals surface area contributed by atoms with Crippen LogP contribution in [-0.4, -0.2) is 5.11 Å². The van der Waals surface area contributed by atoms with Gasteiger partial charge in [-0.2, -0.15) is 0 Å². The summed E-state index contributed by atoms with van der Waals surface area (Å²) in [6.45, 7) is 7.12. The molecule has 0 heterocycles. The number of halogens is 1. The fraction of sp³-hybridized carbons (Fsp3) is 0.278. The number of hydrogen-bond donors (Lipinski definition) is 2. The molecule has 0 radical (unpaired) electrons. The second-order valence-electron chi connectivity index (χ2n) is 6.26. The van der Waals surface area contributed by atoms with Gasteiger partial charge in [-0.05, 0) is 53.0 Å². The molecule has 2 aromatic carbocycles. The standard InChI is InChI=1S/C18H21FN2S/c1-18(2,3)14-6-10-16(11-7-14)21-17(22)20-12-13-4-8-15(19)9-5-13/h4-11H,12H2,1-3H3,(H2,20,21,22). The number of anilines is 1. The van der Waals surface area contributed by atoms with Crippen molar-refractivity contribution in [3.8, 4) is 0 Å². The highest BCUT2D eigenvalue weighted by Crippen LogP contribution is 2.23. The molecule has 0 unspecified atom stereocenters. The molecule has 0 atom stereocenters. The van der Waals surface area contributed by atoms with Gasteiger partial charge in [-0.3, -0.25) is 0 Å². The lowest BCUT2D eigenvalue weighted by atomic mass is 9.87. The Hall–Kier alpha value is -1.94. The van der Waals surface area contributed by atoms with E-state index in [1.54, 1.807) is 12.1 Å². The third-order valence-electron chi connectivity index (χ3n) is 3.38. The molecule has 0 spiro atoms. The lowest BCUT2D eigenvalue weighted by molar-refractivity contribution is 0.590. The van der Waals surface area contributed by atoms with Gasteiger partial charge in [0, 0.05) is 12.2 Å². The summed E-state index contributed by atoms with van der Waals surface area (Å²) in [6.07, 6.45) is 0. The minimum atomic E-state index is -0.233. The SMILES string of the molecule is CC(C)(C)c1ccc(NC(=S)NCc2ccc(F)cc2)cc1. The van der Waals surface area contributed by atoms with Gasteiger partial charge in [0.1, 0.15) is 5.82 Å². The van der Waals surface area contributed by atoms with Crippen LogP contribution in [0, 0.1) is 5.82 Å². The lowest BCUT2D eigenvalue weighted by Crippen LogP contribution is -2.27. The first-order valence-corrected chi connectivity index (χ1v) is 7.65. The van der Waals surface area contributed by atoms with Crippen molar-refractivity contribution >= 4 is 23.0 Å². The predicted octanol–water partition coefficient (Wildman–Crippen LogP) is 4.61. The third kappa shape index (κ3) is 4.81. The highest BCUT2D eigenvalue weighted by molar-refractivity contribution is 7.80. The van der Waals surface area contributed by atoms with Gasteiger partial charge < -0.3 is 10.6 Å². The quantitative estimate of drug-likeness (QED) is 0.809. The zero-order chi connectivity index (χ0) is 16.2. The van der Waals surface area contributed by atoms with Gasteiger partial charge in [-0.1, -0.05) is 45.0 Å². The number of rotatable bonds is 3. The summed E-state index contributed by atoms with van der Waals surface area (Å²) in [7, 11) is 0. The Morgan fingerprint density at radius 1 is 1.00 bits per heavy atom. The molecule has 0 bridgehead atoms. The Morgan fingerprint density at radius 3 is 2.14 bits per heavy atom. The molecular formula is C18H21FN2S. The van der Waals surface area contributed by atoms with Gasteiger partial charge in [-0.25, -0.2) is 4.39 Å². The Morgan fingerprint density at radius 2 is 1.59 bits per heavy atom. The summed E-state index contributed by atoms with van der Waals surface area (Å²) < 4.78 is 12.8. The number of hydrogen-bond acceptors (Lipinski definition) is 1. The van der Waals surface area contributed by atoms with Crippen LogP contribution < -0.4 is 10.6 Å². The van der Waals surface area contributed by atoms with E-state index in [9.17, 15) is 4.39 Å². The molecule has 22 heavy (non-hydrogen) atoms. The monoisotopic (exact) mass is 316 g/mol. The number of nitrogens with one attached hydrogen (secondary N) is 2. The zero-order valence-electron chi connectivity index (χ0n) is 13.1. The lowest BCUT2D eigenvalue weighted by Gasteiger charge is -2.19. The first-order valence-electron chi connectivity index (χ1n) is 7.24. The summed E-state index contributed by atoms with van der Waals surface area (Å²) in [5.41, 5.74) is 3.35. The molecule has 0 saturated heterocycles. The molecule has 0 fully saturated rings. The molecule has 0 saturated carbocycles. The van der Waals surface area contributed by atoms with Crippen LogP contribution in [0.1, 0.15) is 31.9 Å². The third-order valence-corrected chi connectivity index (χ3v) is 3.62. The molecule has 0 aromatic heterocycles. The average molecular weight is 316 g/mol. The van der Waals surface area contributed by atoms with Gasteiger partial charge >= 0.3 is 0 Å². The molecule has 2 N–H and O–H groups in total. The van der Waals surface area contributed by atoms with E-state index < -0.39 is 0 Å². The largest absolute Gasteiger partial charge is 0.358 e. The second-order valence-corrected chi connectivity index (χ2v) is 6.67. The van der Waals surface area contributed by atoms with E-state index in [1.165, 1.54) is 17.7 Å². The minimum Gasteiger partial charge on any atom is -0.358 e. The van der Waals surface area contributed by atoms with E-state index in [-0.39, 0.29) is 11.2 Å². The van der Waals surface area contributed by atoms with Crippen molar-refractivity contribution in [3.63, 3.8) is 0 Å². The summed E-state index contributed by atoms with van der Waals surface area (Å²) in [6, 6.07) is 14.6. The summed E-state index contributed by atoms with van der Waals surface area (Å²) in [5.74, 6) is -0.233. The van der Waals surface area contributed by atoms with Crippen molar-refractivity contribution in [2.45, 2.75) is 32.7 Å². The van der Waals surface area contributed by atoms with Crippen LogP contribution >= 0.6 is 12.2 Å². The summed E-state index contributed by atoms with van der Waals surface area (Å²) >= 11 is 5.27. The number of benzene rings is 2. The normalized spacial score (nSPS) is 11.1. The average Bonchev–Trinajstić information content (AvgIpc) is 2.46. The van der Waals surface area contributed by atoms with Crippen LogP contribution in [0.4, 0.5) is 10.1 Å². The predicted molar refractivity (Wildman–Crippen MR) is 94.6 cm³/mol. The Bertz CT molecular complexity index is 628. The smallest absolute Gasteiger partial charge is 0.171 e. The van der Waals surface area contributed by atoms with Gasteiger partial charge in [0.15, 0.2) is 5.11 Å². The molecular weight excluding hydrogens is 295 g/mol. The second kappa shape index (κ2) is 6.88. The summed E-state index contributed by atoms with van der Waals surface area (Å²) in [4.78, 5) is 0. The zero-order valence-corrected chi connectivity index (χ0v) is 13.9. The van der Waals surface area contributed by atoms with Crippen LogP contribution in [0.3, 0.4) is 0 Å². The fourth-order valence-corrected chi connectivity index (χ4v) is 2.20. The van der Waals surface area contributed by atoms with Crippen molar-refractivity contribution in [3.05, 3.63) is 65.5 Å². The highest BCUT2D eigenvalue weighted by atomic mass is 32.1. The molecule has 116 valence electrons. The molecule has 0 amide bonds. The Labute approximate surface area is 136 Å². The van der Waals surface area contributed by atoms with Gasteiger partial charge in [0.25, 0.3) is 0 Å². The highest BCUT2D eigenvalue weighted by Gasteiger charge is 2.12. The van der Waals surface area contributed by atoms with Crippen molar-refractivity contribution in [2.24, 2.45) is 0 Å². The van der Waals surface area contributed by atoms with E-state index in [1.807, 2.05) is 12.1 Å². The van der Waals surface area contributed by atoms with E-state index in [0.29, 0.717) is 11.7 Å². The van der Waals surface area contributed by atoms with Crippen LogP contribution in [-0.2, 0) is 12.0 Å². The minimum absolute atomic E-state index is 0.139. The first-order chi connectivity index (χ1) is 10.3. The van der Waals surface area contributed by atoms with Crippen LogP contribution in [0.25, 0.3) is 0 Å². The van der Waals surface area contributed by atoms with E-state index in [2.05, 4.69) is 43.5 Å². The van der Waals surface area contributed by atoms with Crippen molar-refractivity contribution < 1.29 is 4.39 Å². The molecule has 2 aromatic rings. The molecule has 4 heteroatoms. The maximum absolute atomic E-state index is 12.8. The van der Waals surface area contributed by atoms with E-state index >= 15 is 0 Å². The maximum Gasteiger partial charge on any atom is 0.171 e. The molecule has 2 rings (SSSR count). The summed E-state index contributed by atoms with van der Waals surface area (Å²) in [5, 5.41) is 6.81. The van der Waals surface area contributed by atoms with Crippen molar-refractivity contribution in [1.82, 2.24) is 5.32 Å². The first kappa shape index (κ1) is 16.4. The molecule has 0 aliphatic heterocycles. The van der Waals surface area contributed by atoms with Crippen molar-refractivity contribution in [2.75, 3.05) is 5.32 Å². The molecule has 0 aliphatic rings. The number of thiocarbonyl (C=S) groups is 1. The van der Waals surface area contributed by atoms with Crippen molar-refractivity contribution in [1.29, 1.82) is 0 Å². The van der Waals surface area contributed by atoms with E-state index in [4.69, 9.17) is 12.2 Å². The Kier molecular flexibility index (Phi) is 5.14. The topological polar surface area (TPSA) is 24.1 Å². The van der Waals surface area contributed by atoms with Crippen LogP contribution in [0.2, 0.25) is 0 Å². The van der Waals surface area contributed by atoms with Gasteiger partial charge in [0.2, 0.25) is 0 Å². The molecule has 2 nitrogen and oxygen atoms in total. The van der Waals surface area contributed by atoms with Crippen LogP contribution in [0.15, 0.2) is 48.5 Å². The molecule has 0 aliphatic carbocycles. The fourth-order valence-electron chi connectivity index (χ4n) is 2.01. The van der Waals surface area contributed by atoms with Crippen LogP contribution in [0.5, 0.6) is 0 Å². The Balaban J connectivity index is 1.88. The van der Waals surface area contributed by atoms with E-state index in [0.717, 1.165) is 11.3 Å². The van der Waals surface area contributed by atoms with Gasteiger partial charge in [0.05, 0.1) is 0 Å². The maximum atomic E-state index is 12.8.